The molecule has 33 heavy (non-hydrogen) atoms. The largest absolute Gasteiger partial charge is 0.492 e. The first-order valence-corrected chi connectivity index (χ1v) is 10.8. The summed E-state index contributed by atoms with van der Waals surface area (Å²) in [5, 5.41) is 3.97. The Kier molecular flexibility index (Phi) is 5.33. The number of benzene rings is 2. The number of rotatable bonds is 6. The van der Waals surface area contributed by atoms with Crippen LogP contribution in [0.2, 0.25) is 0 Å². The first kappa shape index (κ1) is 21.1. The quantitative estimate of drug-likeness (QED) is 0.415. The van der Waals surface area contributed by atoms with Crippen LogP contribution in [0.1, 0.15) is 30.1 Å². The molecular weight excluding hydrogens is 426 g/mol. The van der Waals surface area contributed by atoms with Crippen LogP contribution in [-0.2, 0) is 24.5 Å². The molecule has 0 N–H and O–H groups in total. The molecule has 5 rings (SSSR count). The Hall–Kier alpha value is -3.72. The minimum atomic E-state index is -1.59. The van der Waals surface area contributed by atoms with Crippen LogP contribution in [0.3, 0.4) is 0 Å². The molecule has 0 radical (unpaired) electrons. The van der Waals surface area contributed by atoms with Gasteiger partial charge < -0.3 is 18.7 Å². The highest BCUT2D eigenvalue weighted by molar-refractivity contribution is 6.31. The van der Waals surface area contributed by atoms with Crippen LogP contribution in [-0.4, -0.2) is 52.6 Å². The molecule has 1 aromatic heterocycles. The number of esters is 2. The van der Waals surface area contributed by atoms with Gasteiger partial charge in [-0.1, -0.05) is 53.7 Å². The van der Waals surface area contributed by atoms with Gasteiger partial charge in [0.15, 0.2) is 5.82 Å². The molecule has 1 unspecified atom stereocenters. The summed E-state index contributed by atoms with van der Waals surface area (Å²) in [6, 6.07) is 19.1. The van der Waals surface area contributed by atoms with Crippen molar-refractivity contribution in [2.45, 2.75) is 31.1 Å². The Morgan fingerprint density at radius 2 is 1.67 bits per heavy atom. The molecule has 0 aliphatic carbocycles. The zero-order valence-electron chi connectivity index (χ0n) is 18.1. The summed E-state index contributed by atoms with van der Waals surface area (Å²) < 4.78 is 22.6. The number of aromatic nitrogens is 2. The zero-order chi connectivity index (χ0) is 22.9. The lowest BCUT2D eigenvalue weighted by Crippen LogP contribution is -2.60. The van der Waals surface area contributed by atoms with Crippen molar-refractivity contribution >= 4 is 11.9 Å². The van der Waals surface area contributed by atoms with Crippen LogP contribution in [0.4, 0.5) is 0 Å². The molecule has 1 atom stereocenters. The molecule has 2 aromatic carbocycles. The Morgan fingerprint density at radius 3 is 2.30 bits per heavy atom. The molecular formula is C24H23N3O6. The average molecular weight is 449 g/mol. The summed E-state index contributed by atoms with van der Waals surface area (Å²) in [6.45, 7) is 2.88. The number of likely N-dealkylation sites (tertiary alicyclic amines) is 1. The maximum absolute atomic E-state index is 12.2. The van der Waals surface area contributed by atoms with E-state index in [0.29, 0.717) is 37.8 Å². The topological polar surface area (TPSA) is 104 Å². The van der Waals surface area contributed by atoms with Crippen molar-refractivity contribution in [2.24, 2.45) is 0 Å². The van der Waals surface area contributed by atoms with Crippen LogP contribution in [0, 0.1) is 6.92 Å². The summed E-state index contributed by atoms with van der Waals surface area (Å²) in [5.41, 5.74) is 0.108. The Labute approximate surface area is 190 Å². The number of hydrogen-bond acceptors (Lipinski definition) is 9. The maximum Gasteiger partial charge on any atom is 0.421 e. The third kappa shape index (κ3) is 3.84. The van der Waals surface area contributed by atoms with Gasteiger partial charge in [-0.15, -0.1) is 0 Å². The number of piperidine rings is 1. The molecule has 9 heteroatoms. The summed E-state index contributed by atoms with van der Waals surface area (Å²) >= 11 is 0. The van der Waals surface area contributed by atoms with Gasteiger partial charge in [0.05, 0.1) is 11.8 Å². The van der Waals surface area contributed by atoms with Crippen molar-refractivity contribution in [1.29, 1.82) is 0 Å². The van der Waals surface area contributed by atoms with Crippen molar-refractivity contribution in [2.75, 3.05) is 19.7 Å². The van der Waals surface area contributed by atoms with Crippen LogP contribution in [0.25, 0.3) is 0 Å². The van der Waals surface area contributed by atoms with E-state index in [9.17, 15) is 9.59 Å². The standard InChI is InChI=1S/C24H23N3O6/c1-17-25-22(33-26-17)23(18-8-4-2-5-9-18)12-13-27(14-15-30-19-10-6-3-7-11-19)24(16-23)31-20(28)21(29)32-24/h2-11H,12-16H2,1H3. The normalized spacial score (nSPS) is 22.2. The van der Waals surface area contributed by atoms with E-state index >= 15 is 0 Å². The summed E-state index contributed by atoms with van der Waals surface area (Å²) in [6.07, 6.45) is 0.704. The molecule has 3 heterocycles. The number of hydrogen-bond donors (Lipinski definition) is 0. The van der Waals surface area contributed by atoms with Gasteiger partial charge in [0.2, 0.25) is 5.89 Å². The van der Waals surface area contributed by atoms with Crippen molar-refractivity contribution in [3.8, 4) is 5.75 Å². The molecule has 9 nitrogen and oxygen atoms in total. The fraction of sp³-hybridized carbons (Fsp3) is 0.333. The Morgan fingerprint density at radius 1 is 1.00 bits per heavy atom. The lowest BCUT2D eigenvalue weighted by molar-refractivity contribution is -0.274. The predicted octanol–water partition coefficient (Wildman–Crippen LogP) is 2.59. The average Bonchev–Trinajstić information content (AvgIpc) is 3.39. The highest BCUT2D eigenvalue weighted by atomic mass is 16.8. The third-order valence-corrected chi connectivity index (χ3v) is 6.12. The van der Waals surface area contributed by atoms with Gasteiger partial charge in [0, 0.05) is 13.1 Å². The molecule has 2 saturated heterocycles. The van der Waals surface area contributed by atoms with E-state index in [4.69, 9.17) is 18.7 Å². The fourth-order valence-corrected chi connectivity index (χ4v) is 4.55. The van der Waals surface area contributed by atoms with Crippen molar-refractivity contribution in [3.63, 3.8) is 0 Å². The van der Waals surface area contributed by atoms with Crippen molar-refractivity contribution in [1.82, 2.24) is 15.0 Å². The second-order valence-electron chi connectivity index (χ2n) is 8.16. The van der Waals surface area contributed by atoms with Crippen molar-refractivity contribution in [3.05, 3.63) is 77.9 Å². The number of ether oxygens (including phenoxy) is 3. The van der Waals surface area contributed by atoms with Crippen LogP contribution in [0.5, 0.6) is 5.75 Å². The first-order chi connectivity index (χ1) is 16.0. The third-order valence-electron chi connectivity index (χ3n) is 6.12. The number of carbonyl (C=O) groups is 2. The summed E-state index contributed by atoms with van der Waals surface area (Å²) in [4.78, 5) is 30.7. The van der Waals surface area contributed by atoms with E-state index in [0.717, 1.165) is 11.3 Å². The molecule has 0 saturated carbocycles. The Balaban J connectivity index is 1.47. The zero-order valence-corrected chi connectivity index (χ0v) is 18.1. The molecule has 2 fully saturated rings. The van der Waals surface area contributed by atoms with Gasteiger partial charge in [-0.25, -0.2) is 14.5 Å². The maximum atomic E-state index is 12.2. The van der Waals surface area contributed by atoms with E-state index in [1.807, 2.05) is 65.6 Å². The smallest absolute Gasteiger partial charge is 0.421 e. The highest BCUT2D eigenvalue weighted by Crippen LogP contribution is 2.49. The van der Waals surface area contributed by atoms with Crippen molar-refractivity contribution < 1.29 is 28.3 Å². The van der Waals surface area contributed by atoms with Gasteiger partial charge in [-0.05, 0) is 31.0 Å². The van der Waals surface area contributed by atoms with Crippen LogP contribution in [0.15, 0.2) is 65.2 Å². The lowest BCUT2D eigenvalue weighted by atomic mass is 9.71. The van der Waals surface area contributed by atoms with Gasteiger partial charge in [-0.2, -0.15) is 4.98 Å². The molecule has 170 valence electrons. The van der Waals surface area contributed by atoms with E-state index in [1.165, 1.54) is 0 Å². The summed E-state index contributed by atoms with van der Waals surface area (Å²) in [7, 11) is 0. The van der Waals surface area contributed by atoms with Crippen LogP contribution >= 0.6 is 0 Å². The molecule has 2 aliphatic rings. The molecule has 0 amide bonds. The number of para-hydroxylation sites is 1. The lowest BCUT2D eigenvalue weighted by Gasteiger charge is -2.47. The summed E-state index contributed by atoms with van der Waals surface area (Å²) in [5.74, 6) is -2.02. The number of aryl methyl sites for hydroxylation is 1. The molecule has 2 aliphatic heterocycles. The second-order valence-corrected chi connectivity index (χ2v) is 8.16. The van der Waals surface area contributed by atoms with Gasteiger partial charge in [-0.3, -0.25) is 0 Å². The fourth-order valence-electron chi connectivity index (χ4n) is 4.55. The predicted molar refractivity (Wildman–Crippen MR) is 114 cm³/mol. The molecule has 0 bridgehead atoms. The van der Waals surface area contributed by atoms with Gasteiger partial charge in [0.25, 0.3) is 0 Å². The molecule has 3 aromatic rings. The van der Waals surface area contributed by atoms with Gasteiger partial charge in [0.1, 0.15) is 12.4 Å². The minimum Gasteiger partial charge on any atom is -0.492 e. The minimum absolute atomic E-state index is 0.120. The van der Waals surface area contributed by atoms with Crippen LogP contribution < -0.4 is 4.74 Å². The van der Waals surface area contributed by atoms with E-state index in [1.54, 1.807) is 6.92 Å². The van der Waals surface area contributed by atoms with Gasteiger partial charge >= 0.3 is 17.8 Å². The monoisotopic (exact) mass is 449 g/mol. The second kappa shape index (κ2) is 8.32. The van der Waals surface area contributed by atoms with E-state index in [2.05, 4.69) is 10.1 Å². The first-order valence-electron chi connectivity index (χ1n) is 10.8. The SMILES string of the molecule is Cc1noc(C2(c3ccccc3)CCN(CCOc3ccccc3)C3(C2)OC(=O)C(=O)O3)n1. The number of carbonyl (C=O) groups excluding carboxylic acids is 2. The molecule has 1 spiro atoms. The van der Waals surface area contributed by atoms with E-state index in [-0.39, 0.29) is 6.42 Å². The van der Waals surface area contributed by atoms with E-state index < -0.39 is 23.3 Å². The number of nitrogens with zero attached hydrogens (tertiary/aromatic N) is 3. The Bertz CT molecular complexity index is 1130. The highest BCUT2D eigenvalue weighted by Gasteiger charge is 2.62.